The molecule has 1 unspecified atom stereocenters. The van der Waals surface area contributed by atoms with Crippen LogP contribution in [0.3, 0.4) is 0 Å². The van der Waals surface area contributed by atoms with E-state index in [4.69, 9.17) is 9.72 Å². The maximum atomic E-state index is 5.48. The minimum atomic E-state index is 0.169. The minimum absolute atomic E-state index is 0.169. The molecule has 1 N–H and O–H groups in total. The lowest BCUT2D eigenvalue weighted by molar-refractivity contribution is 0.0741. The Kier molecular flexibility index (Phi) is 3.86. The van der Waals surface area contributed by atoms with Crippen molar-refractivity contribution in [1.82, 2.24) is 15.3 Å². The van der Waals surface area contributed by atoms with Crippen molar-refractivity contribution in [2.24, 2.45) is 0 Å². The van der Waals surface area contributed by atoms with Crippen molar-refractivity contribution in [3.05, 3.63) is 23.8 Å². The summed E-state index contributed by atoms with van der Waals surface area (Å²) >= 11 is 0. The van der Waals surface area contributed by atoms with Gasteiger partial charge < -0.3 is 10.1 Å². The van der Waals surface area contributed by atoms with Gasteiger partial charge in [-0.05, 0) is 18.9 Å². The van der Waals surface area contributed by atoms with E-state index in [0.29, 0.717) is 12.5 Å². The van der Waals surface area contributed by atoms with Gasteiger partial charge in [-0.2, -0.15) is 0 Å². The number of morpholine rings is 1. The van der Waals surface area contributed by atoms with Gasteiger partial charge in [0.05, 0.1) is 19.3 Å². The Morgan fingerprint density at radius 1 is 1.22 bits per heavy atom. The lowest BCUT2D eigenvalue weighted by Gasteiger charge is -2.25. The minimum Gasteiger partial charge on any atom is -0.378 e. The van der Waals surface area contributed by atoms with E-state index in [1.165, 1.54) is 37.8 Å². The molecule has 1 aromatic rings. The molecule has 4 nitrogen and oxygen atoms in total. The summed E-state index contributed by atoms with van der Waals surface area (Å²) in [4.78, 5) is 9.17. The molecule has 2 fully saturated rings. The van der Waals surface area contributed by atoms with Crippen molar-refractivity contribution in [3.63, 3.8) is 0 Å². The van der Waals surface area contributed by atoms with Crippen molar-refractivity contribution >= 4 is 0 Å². The fourth-order valence-corrected chi connectivity index (χ4v) is 2.91. The molecule has 0 spiro atoms. The van der Waals surface area contributed by atoms with E-state index in [2.05, 4.69) is 16.4 Å². The number of rotatable bonds is 2. The molecule has 3 rings (SSSR count). The highest BCUT2D eigenvalue weighted by molar-refractivity contribution is 5.11. The Bertz CT molecular complexity index is 351. The molecule has 1 aromatic heterocycles. The van der Waals surface area contributed by atoms with Crippen molar-refractivity contribution < 1.29 is 4.74 Å². The summed E-state index contributed by atoms with van der Waals surface area (Å²) in [5, 5.41) is 3.42. The molecular weight excluding hydrogens is 226 g/mol. The van der Waals surface area contributed by atoms with Crippen LogP contribution in [-0.2, 0) is 4.74 Å². The highest BCUT2D eigenvalue weighted by Crippen LogP contribution is 2.31. The maximum Gasteiger partial charge on any atom is 0.147 e. The van der Waals surface area contributed by atoms with E-state index < -0.39 is 0 Å². The van der Waals surface area contributed by atoms with Gasteiger partial charge in [0.2, 0.25) is 0 Å². The zero-order valence-electron chi connectivity index (χ0n) is 10.8. The quantitative estimate of drug-likeness (QED) is 0.870. The van der Waals surface area contributed by atoms with Gasteiger partial charge in [0.1, 0.15) is 5.82 Å². The number of aromatic nitrogens is 2. The summed E-state index contributed by atoms with van der Waals surface area (Å²) in [5.41, 5.74) is 1.23. The Balaban J connectivity index is 1.75. The van der Waals surface area contributed by atoms with Gasteiger partial charge in [-0.1, -0.05) is 19.3 Å². The van der Waals surface area contributed by atoms with Crippen LogP contribution in [0.5, 0.6) is 0 Å². The number of hydrogen-bond donors (Lipinski definition) is 1. The second-order valence-corrected chi connectivity index (χ2v) is 5.26. The third kappa shape index (κ3) is 2.70. The van der Waals surface area contributed by atoms with Crippen LogP contribution >= 0.6 is 0 Å². The molecule has 1 aliphatic heterocycles. The van der Waals surface area contributed by atoms with Crippen molar-refractivity contribution in [2.75, 3.05) is 19.8 Å². The monoisotopic (exact) mass is 247 g/mol. The van der Waals surface area contributed by atoms with Crippen molar-refractivity contribution in [3.8, 4) is 0 Å². The molecule has 0 amide bonds. The number of hydrogen-bond acceptors (Lipinski definition) is 4. The highest BCUT2D eigenvalue weighted by Gasteiger charge is 2.21. The van der Waals surface area contributed by atoms with Crippen LogP contribution in [0.25, 0.3) is 0 Å². The lowest BCUT2D eigenvalue weighted by Crippen LogP contribution is -2.35. The van der Waals surface area contributed by atoms with Crippen LogP contribution in [0.2, 0.25) is 0 Å². The van der Waals surface area contributed by atoms with Crippen molar-refractivity contribution in [1.29, 1.82) is 0 Å². The summed E-state index contributed by atoms with van der Waals surface area (Å²) in [6, 6.07) is 2.26. The smallest absolute Gasteiger partial charge is 0.147 e. The molecule has 1 saturated carbocycles. The molecule has 0 radical (unpaired) electrons. The predicted octanol–water partition coefficient (Wildman–Crippen LogP) is 2.19. The maximum absolute atomic E-state index is 5.48. The first-order valence-corrected chi connectivity index (χ1v) is 7.07. The summed E-state index contributed by atoms with van der Waals surface area (Å²) in [5.74, 6) is 1.54. The Morgan fingerprint density at radius 3 is 2.89 bits per heavy atom. The number of ether oxygens (including phenoxy) is 1. The second-order valence-electron chi connectivity index (χ2n) is 5.26. The summed E-state index contributed by atoms with van der Waals surface area (Å²) < 4.78 is 5.48. The fourth-order valence-electron chi connectivity index (χ4n) is 2.91. The standard InChI is InChI=1S/C14H21N3O/c1-2-4-11(5-3-1)12-6-7-16-14(17-12)13-10-18-9-8-15-13/h6-7,11,13,15H,1-5,8-10H2. The van der Waals surface area contributed by atoms with Crippen LogP contribution in [-0.4, -0.2) is 29.7 Å². The summed E-state index contributed by atoms with van der Waals surface area (Å²) in [7, 11) is 0. The Labute approximate surface area is 108 Å². The van der Waals surface area contributed by atoms with Gasteiger partial charge in [0.15, 0.2) is 0 Å². The van der Waals surface area contributed by atoms with E-state index in [9.17, 15) is 0 Å². The van der Waals surface area contributed by atoms with E-state index in [-0.39, 0.29) is 6.04 Å². The first-order valence-electron chi connectivity index (χ1n) is 7.07. The van der Waals surface area contributed by atoms with E-state index in [0.717, 1.165) is 19.0 Å². The van der Waals surface area contributed by atoms with Crippen LogP contribution in [0.4, 0.5) is 0 Å². The first-order chi connectivity index (χ1) is 8.93. The van der Waals surface area contributed by atoms with Gasteiger partial charge in [0, 0.05) is 24.4 Å². The Morgan fingerprint density at radius 2 is 2.11 bits per heavy atom. The third-order valence-electron chi connectivity index (χ3n) is 3.95. The lowest BCUT2D eigenvalue weighted by atomic mass is 9.87. The molecule has 2 aliphatic rings. The SMILES string of the molecule is c1cc(C2CCCCC2)nc(C2COCCN2)n1. The molecule has 0 bridgehead atoms. The normalized spacial score (nSPS) is 26.1. The molecule has 4 heteroatoms. The average Bonchev–Trinajstić information content (AvgIpc) is 2.49. The third-order valence-corrected chi connectivity index (χ3v) is 3.95. The summed E-state index contributed by atoms with van der Waals surface area (Å²) in [6.45, 7) is 2.37. The molecule has 1 aliphatic carbocycles. The highest BCUT2D eigenvalue weighted by atomic mass is 16.5. The second kappa shape index (κ2) is 5.76. The van der Waals surface area contributed by atoms with Crippen LogP contribution in [0.1, 0.15) is 55.6 Å². The van der Waals surface area contributed by atoms with E-state index >= 15 is 0 Å². The summed E-state index contributed by atoms with van der Waals surface area (Å²) in [6.07, 6.45) is 8.54. The van der Waals surface area contributed by atoms with Gasteiger partial charge >= 0.3 is 0 Å². The number of nitrogens with one attached hydrogen (secondary N) is 1. The van der Waals surface area contributed by atoms with Crippen molar-refractivity contribution in [2.45, 2.75) is 44.1 Å². The zero-order valence-corrected chi connectivity index (χ0v) is 10.8. The zero-order chi connectivity index (χ0) is 12.2. The Hall–Kier alpha value is -1.00. The molecule has 1 saturated heterocycles. The van der Waals surface area contributed by atoms with Crippen LogP contribution in [0, 0.1) is 0 Å². The molecular formula is C14H21N3O. The molecule has 1 atom stereocenters. The van der Waals surface area contributed by atoms with Gasteiger partial charge in [-0.15, -0.1) is 0 Å². The van der Waals surface area contributed by atoms with E-state index in [1.807, 2.05) is 6.20 Å². The van der Waals surface area contributed by atoms with Gasteiger partial charge in [0.25, 0.3) is 0 Å². The van der Waals surface area contributed by atoms with Crippen LogP contribution in [0.15, 0.2) is 12.3 Å². The first kappa shape index (κ1) is 12.1. The fraction of sp³-hybridized carbons (Fsp3) is 0.714. The molecule has 98 valence electrons. The topological polar surface area (TPSA) is 47.0 Å². The molecule has 18 heavy (non-hydrogen) atoms. The average molecular weight is 247 g/mol. The van der Waals surface area contributed by atoms with E-state index in [1.54, 1.807) is 0 Å². The molecule has 2 heterocycles. The molecule has 0 aromatic carbocycles. The van der Waals surface area contributed by atoms with Gasteiger partial charge in [-0.25, -0.2) is 9.97 Å². The van der Waals surface area contributed by atoms with Gasteiger partial charge in [-0.3, -0.25) is 0 Å². The van der Waals surface area contributed by atoms with Crippen LogP contribution < -0.4 is 5.32 Å². The number of nitrogens with zero attached hydrogens (tertiary/aromatic N) is 2. The largest absolute Gasteiger partial charge is 0.378 e. The predicted molar refractivity (Wildman–Crippen MR) is 69.4 cm³/mol.